The van der Waals surface area contributed by atoms with E-state index in [1.807, 2.05) is 33.9 Å². The summed E-state index contributed by atoms with van der Waals surface area (Å²) in [4.78, 5) is 21.3. The number of hydrogen-bond donors (Lipinski definition) is 3. The number of aliphatic hydroxyl groups is 2. The van der Waals surface area contributed by atoms with Gasteiger partial charge in [0.25, 0.3) is 0 Å². The molecule has 0 spiro atoms. The number of hydrogen-bond acceptors (Lipinski definition) is 10. The van der Waals surface area contributed by atoms with Crippen LogP contribution in [0.4, 0.5) is 10.6 Å². The standard InChI is InChI=1S/C20H35N7O5Si/c1-19(2,3)31-18(30)27(32-33(7,8)20(4,5)6)12-9-11(14(28)15(12)29)26-17-13(24-25-26)16(21)22-10-23-17/h10-12,14-15,28-29H,9H2,1-8H3,(H2,21,22,23)/t11-,12+,14+,15-/m1/s1. The van der Waals surface area contributed by atoms with E-state index in [2.05, 4.69) is 20.3 Å². The van der Waals surface area contributed by atoms with Crippen LogP contribution in [0.2, 0.25) is 18.1 Å². The molecule has 1 aliphatic carbocycles. The van der Waals surface area contributed by atoms with Crippen LogP contribution in [0.15, 0.2) is 6.33 Å². The molecule has 1 aliphatic rings. The molecule has 3 rings (SSSR count). The van der Waals surface area contributed by atoms with Gasteiger partial charge in [-0.1, -0.05) is 26.0 Å². The second kappa shape index (κ2) is 8.45. The molecule has 2 heterocycles. The van der Waals surface area contributed by atoms with Gasteiger partial charge in [-0.2, -0.15) is 5.06 Å². The number of rotatable bonds is 4. The van der Waals surface area contributed by atoms with Gasteiger partial charge in [0, 0.05) is 0 Å². The van der Waals surface area contributed by atoms with Gasteiger partial charge >= 0.3 is 6.09 Å². The molecule has 12 nitrogen and oxygen atoms in total. The molecule has 13 heteroatoms. The molecular formula is C20H35N7O5Si. The molecule has 0 unspecified atom stereocenters. The van der Waals surface area contributed by atoms with E-state index in [4.69, 9.17) is 15.0 Å². The maximum absolute atomic E-state index is 13.2. The Morgan fingerprint density at radius 2 is 1.82 bits per heavy atom. The molecule has 33 heavy (non-hydrogen) atoms. The SMILES string of the molecule is CC(C)(C)OC(=O)N(O[Si](C)(C)C(C)(C)C)[C@H]1C[C@@H](n2nnc3c(N)ncnc32)[C@H](O)[C@@H]1O. The molecule has 0 bridgehead atoms. The molecule has 184 valence electrons. The predicted octanol–water partition coefficient (Wildman–Crippen LogP) is 2.01. The number of carbonyl (C=O) groups excluding carboxylic acids is 1. The lowest BCUT2D eigenvalue weighted by Crippen LogP contribution is -2.55. The van der Waals surface area contributed by atoms with Crippen LogP contribution in [0, 0.1) is 0 Å². The van der Waals surface area contributed by atoms with Crippen LogP contribution in [0.25, 0.3) is 11.2 Å². The number of aliphatic hydroxyl groups excluding tert-OH is 2. The zero-order valence-electron chi connectivity index (χ0n) is 20.5. The summed E-state index contributed by atoms with van der Waals surface area (Å²) in [5, 5.41) is 30.9. The van der Waals surface area contributed by atoms with Crippen LogP contribution in [0.5, 0.6) is 0 Å². The largest absolute Gasteiger partial charge is 0.442 e. The van der Waals surface area contributed by atoms with Crippen molar-refractivity contribution in [3.05, 3.63) is 6.33 Å². The van der Waals surface area contributed by atoms with Gasteiger partial charge in [-0.25, -0.2) is 19.4 Å². The van der Waals surface area contributed by atoms with Crippen molar-refractivity contribution in [2.45, 2.75) is 96.0 Å². The molecule has 0 aliphatic heterocycles. The van der Waals surface area contributed by atoms with E-state index < -0.39 is 44.3 Å². The quantitative estimate of drug-likeness (QED) is 0.435. The van der Waals surface area contributed by atoms with E-state index in [9.17, 15) is 15.0 Å². The number of fused-ring (bicyclic) bond motifs is 1. The minimum absolute atomic E-state index is 0.137. The first-order chi connectivity index (χ1) is 15.0. The molecular weight excluding hydrogens is 446 g/mol. The lowest BCUT2D eigenvalue weighted by Gasteiger charge is -2.42. The first-order valence-corrected chi connectivity index (χ1v) is 13.8. The zero-order chi connectivity index (χ0) is 24.9. The lowest BCUT2D eigenvalue weighted by atomic mass is 10.2. The Labute approximate surface area is 194 Å². The van der Waals surface area contributed by atoms with Crippen LogP contribution in [-0.4, -0.2) is 78.5 Å². The number of carbonyl (C=O) groups is 1. The highest BCUT2D eigenvalue weighted by Crippen LogP contribution is 2.41. The molecule has 0 saturated heterocycles. The molecule has 4 N–H and O–H groups in total. The third-order valence-electron chi connectivity index (χ3n) is 6.23. The highest BCUT2D eigenvalue weighted by molar-refractivity contribution is 6.74. The highest BCUT2D eigenvalue weighted by Gasteiger charge is 2.51. The van der Waals surface area contributed by atoms with E-state index >= 15 is 0 Å². The predicted molar refractivity (Wildman–Crippen MR) is 123 cm³/mol. The van der Waals surface area contributed by atoms with Gasteiger partial charge in [-0.15, -0.1) is 5.10 Å². The van der Waals surface area contributed by atoms with Crippen LogP contribution >= 0.6 is 0 Å². The summed E-state index contributed by atoms with van der Waals surface area (Å²) in [6.45, 7) is 15.4. The number of aromatic nitrogens is 5. The maximum atomic E-state index is 13.2. The Morgan fingerprint density at radius 1 is 1.18 bits per heavy atom. The topological polar surface area (TPSA) is 162 Å². The fourth-order valence-electron chi connectivity index (χ4n) is 3.40. The summed E-state index contributed by atoms with van der Waals surface area (Å²) in [7, 11) is -2.50. The Kier molecular flexibility index (Phi) is 6.47. The average molecular weight is 482 g/mol. The number of nitrogens with two attached hydrogens (primary N) is 1. The summed E-state index contributed by atoms with van der Waals surface area (Å²) < 4.78 is 13.3. The molecule has 2 aromatic rings. The molecule has 1 saturated carbocycles. The van der Waals surface area contributed by atoms with Crippen molar-refractivity contribution in [2.75, 3.05) is 5.73 Å². The van der Waals surface area contributed by atoms with Crippen molar-refractivity contribution in [3.63, 3.8) is 0 Å². The van der Waals surface area contributed by atoms with Crippen molar-refractivity contribution in [1.29, 1.82) is 0 Å². The summed E-state index contributed by atoms with van der Waals surface area (Å²) in [6.07, 6.45) is -1.88. The Bertz CT molecular complexity index is 1020. The number of anilines is 1. The summed E-state index contributed by atoms with van der Waals surface area (Å²) in [5.74, 6) is 0.160. The van der Waals surface area contributed by atoms with Gasteiger partial charge in [-0.3, -0.25) is 0 Å². The second-order valence-electron chi connectivity index (χ2n) is 11.0. The summed E-state index contributed by atoms with van der Waals surface area (Å²) in [5.41, 5.74) is 5.70. The van der Waals surface area contributed by atoms with E-state index in [0.717, 1.165) is 5.06 Å². The van der Waals surface area contributed by atoms with Crippen molar-refractivity contribution < 1.29 is 24.3 Å². The van der Waals surface area contributed by atoms with E-state index in [1.165, 1.54) is 11.0 Å². The third kappa shape index (κ3) is 4.95. The Balaban J connectivity index is 1.97. The Hall–Kier alpha value is -2.35. The summed E-state index contributed by atoms with van der Waals surface area (Å²) >= 11 is 0. The molecule has 4 atom stereocenters. The average Bonchev–Trinajstić information content (AvgIpc) is 3.20. The normalized spacial score (nSPS) is 24.3. The van der Waals surface area contributed by atoms with E-state index in [1.54, 1.807) is 20.8 Å². The number of nitrogen functional groups attached to an aromatic ring is 1. The maximum Gasteiger partial charge on any atom is 0.433 e. The molecule has 1 fully saturated rings. The minimum Gasteiger partial charge on any atom is -0.442 e. The minimum atomic E-state index is -2.50. The molecule has 0 aromatic carbocycles. The van der Waals surface area contributed by atoms with Gasteiger partial charge in [-0.05, 0) is 45.3 Å². The van der Waals surface area contributed by atoms with Gasteiger partial charge < -0.3 is 25.2 Å². The Morgan fingerprint density at radius 3 is 2.39 bits per heavy atom. The molecule has 0 radical (unpaired) electrons. The van der Waals surface area contributed by atoms with Gasteiger partial charge in [0.05, 0.1) is 12.1 Å². The van der Waals surface area contributed by atoms with Crippen molar-refractivity contribution in [1.82, 2.24) is 30.0 Å². The highest BCUT2D eigenvalue weighted by atomic mass is 28.4. The van der Waals surface area contributed by atoms with Gasteiger partial charge in [0.2, 0.25) is 8.32 Å². The summed E-state index contributed by atoms with van der Waals surface area (Å²) in [6, 6.07) is -1.61. The third-order valence-corrected chi connectivity index (χ3v) is 10.5. The van der Waals surface area contributed by atoms with Crippen molar-refractivity contribution in [2.24, 2.45) is 0 Å². The fraction of sp³-hybridized carbons (Fsp3) is 0.750. The second-order valence-corrected chi connectivity index (χ2v) is 15.7. The monoisotopic (exact) mass is 481 g/mol. The van der Waals surface area contributed by atoms with Crippen LogP contribution in [0.1, 0.15) is 54.0 Å². The molecule has 2 aromatic heterocycles. The van der Waals surface area contributed by atoms with Crippen LogP contribution in [0.3, 0.4) is 0 Å². The van der Waals surface area contributed by atoms with E-state index in [0.29, 0.717) is 11.2 Å². The number of amides is 1. The van der Waals surface area contributed by atoms with E-state index in [-0.39, 0.29) is 17.3 Å². The van der Waals surface area contributed by atoms with Crippen LogP contribution in [-0.2, 0) is 9.26 Å². The van der Waals surface area contributed by atoms with Gasteiger partial charge in [0.15, 0.2) is 17.0 Å². The lowest BCUT2D eigenvalue weighted by molar-refractivity contribution is -0.132. The first-order valence-electron chi connectivity index (χ1n) is 10.9. The van der Waals surface area contributed by atoms with Crippen molar-refractivity contribution >= 4 is 31.4 Å². The number of ether oxygens (including phenoxy) is 1. The fourth-order valence-corrected chi connectivity index (χ4v) is 4.37. The zero-order valence-corrected chi connectivity index (χ0v) is 21.5. The number of hydroxylamine groups is 2. The smallest absolute Gasteiger partial charge is 0.433 e. The first kappa shape index (κ1) is 25.3. The van der Waals surface area contributed by atoms with Crippen LogP contribution < -0.4 is 5.73 Å². The molecule has 1 amide bonds. The van der Waals surface area contributed by atoms with Gasteiger partial charge in [0.1, 0.15) is 24.1 Å². The number of nitrogens with zero attached hydrogens (tertiary/aromatic N) is 6. The van der Waals surface area contributed by atoms with Crippen molar-refractivity contribution in [3.8, 4) is 0 Å².